The molecule has 0 radical (unpaired) electrons. The summed E-state index contributed by atoms with van der Waals surface area (Å²) in [5.74, 6) is -0.237. The van der Waals surface area contributed by atoms with Crippen molar-refractivity contribution in [3.63, 3.8) is 0 Å². The Morgan fingerprint density at radius 2 is 1.71 bits per heavy atom. The Bertz CT molecular complexity index is 697. The third kappa shape index (κ3) is 2.49. The van der Waals surface area contributed by atoms with Gasteiger partial charge >= 0.3 is 0 Å². The maximum atomic E-state index is 12.8. The van der Waals surface area contributed by atoms with Crippen LogP contribution in [-0.4, -0.2) is 11.6 Å². The molecule has 0 fully saturated rings. The molecule has 0 saturated carbocycles. The molecule has 0 aliphatic heterocycles. The van der Waals surface area contributed by atoms with E-state index in [1.807, 2.05) is 6.07 Å². The highest BCUT2D eigenvalue weighted by atomic mass is 35.5. The van der Waals surface area contributed by atoms with Gasteiger partial charge in [-0.15, -0.1) is 0 Å². The fourth-order valence-corrected chi connectivity index (χ4v) is 3.46. The zero-order chi connectivity index (χ0) is 15.1. The maximum absolute atomic E-state index is 12.8. The zero-order valence-corrected chi connectivity index (χ0v) is 12.9. The van der Waals surface area contributed by atoms with Crippen LogP contribution in [0, 0.1) is 11.8 Å². The highest BCUT2D eigenvalue weighted by Gasteiger charge is 2.41. The Morgan fingerprint density at radius 1 is 1.05 bits per heavy atom. The van der Waals surface area contributed by atoms with E-state index in [-0.39, 0.29) is 23.4 Å². The number of Topliss-reactive ketones (excluding diaryl/α,β-unsaturated/α-hetero) is 1. The molecule has 2 atom stereocenters. The summed E-state index contributed by atoms with van der Waals surface area (Å²) < 4.78 is 0. The molecule has 0 saturated heterocycles. The van der Waals surface area contributed by atoms with Gasteiger partial charge in [0.25, 0.3) is 0 Å². The summed E-state index contributed by atoms with van der Waals surface area (Å²) in [6.45, 7) is 4.11. The van der Waals surface area contributed by atoms with Crippen LogP contribution in [0.1, 0.15) is 32.3 Å². The number of fused-ring (bicyclic) bond motifs is 1. The van der Waals surface area contributed by atoms with Crippen molar-refractivity contribution < 1.29 is 9.59 Å². The molecule has 0 N–H and O–H groups in total. The van der Waals surface area contributed by atoms with Gasteiger partial charge in [0, 0.05) is 22.4 Å². The molecule has 2 unspecified atom stereocenters. The molecule has 2 nitrogen and oxygen atoms in total. The van der Waals surface area contributed by atoms with E-state index < -0.39 is 0 Å². The molecule has 3 rings (SSSR count). The van der Waals surface area contributed by atoms with Crippen LogP contribution in [0.5, 0.6) is 0 Å². The van der Waals surface area contributed by atoms with Gasteiger partial charge in [-0.3, -0.25) is 9.59 Å². The maximum Gasteiger partial charge on any atom is 0.167 e. The lowest BCUT2D eigenvalue weighted by atomic mass is 9.67. The first-order valence-corrected chi connectivity index (χ1v) is 7.56. The third-order valence-electron chi connectivity index (χ3n) is 4.66. The van der Waals surface area contributed by atoms with E-state index in [4.69, 9.17) is 11.6 Å². The average Bonchev–Trinajstić information content (AvgIpc) is 2.45. The number of benzene rings is 1. The molecule has 21 heavy (non-hydrogen) atoms. The number of allylic oxidation sites excluding steroid dienone is 4. The van der Waals surface area contributed by atoms with Gasteiger partial charge in [-0.2, -0.15) is 0 Å². The van der Waals surface area contributed by atoms with Crippen LogP contribution < -0.4 is 0 Å². The highest BCUT2D eigenvalue weighted by Crippen LogP contribution is 2.41. The zero-order valence-electron chi connectivity index (χ0n) is 12.2. The van der Waals surface area contributed by atoms with Crippen molar-refractivity contribution in [2.75, 3.05) is 0 Å². The molecule has 0 amide bonds. The minimum Gasteiger partial charge on any atom is -0.294 e. The smallest absolute Gasteiger partial charge is 0.167 e. The molecule has 3 heteroatoms. The van der Waals surface area contributed by atoms with Crippen molar-refractivity contribution in [3.8, 4) is 0 Å². The summed E-state index contributed by atoms with van der Waals surface area (Å²) in [4.78, 5) is 25.2. The topological polar surface area (TPSA) is 34.1 Å². The minimum atomic E-state index is -0.208. The van der Waals surface area contributed by atoms with Crippen LogP contribution >= 0.6 is 11.6 Å². The van der Waals surface area contributed by atoms with Crippen LogP contribution in [0.4, 0.5) is 0 Å². The summed E-state index contributed by atoms with van der Waals surface area (Å²) >= 11 is 6.00. The van der Waals surface area contributed by atoms with Gasteiger partial charge < -0.3 is 0 Å². The first-order chi connectivity index (χ1) is 9.97. The Morgan fingerprint density at radius 3 is 2.38 bits per heavy atom. The summed E-state index contributed by atoms with van der Waals surface area (Å²) in [6, 6.07) is 7.15. The lowest BCUT2D eigenvalue weighted by Gasteiger charge is -2.34. The van der Waals surface area contributed by atoms with Gasteiger partial charge in [0.1, 0.15) is 0 Å². The van der Waals surface area contributed by atoms with Gasteiger partial charge in [-0.05, 0) is 50.5 Å². The van der Waals surface area contributed by atoms with E-state index in [1.54, 1.807) is 18.2 Å². The number of carbonyl (C=O) groups excluding carboxylic acids is 2. The number of hydrogen-bond donors (Lipinski definition) is 0. The lowest BCUT2D eigenvalue weighted by Crippen LogP contribution is -2.36. The largest absolute Gasteiger partial charge is 0.294 e. The van der Waals surface area contributed by atoms with Crippen LogP contribution in [0.3, 0.4) is 0 Å². The van der Waals surface area contributed by atoms with Crippen LogP contribution in [0.15, 0.2) is 41.5 Å². The Balaban J connectivity index is 2.02. The van der Waals surface area contributed by atoms with Gasteiger partial charge in [0.05, 0.1) is 0 Å². The molecule has 0 spiro atoms. The van der Waals surface area contributed by atoms with Crippen LogP contribution in [0.25, 0.3) is 5.57 Å². The number of rotatable bonds is 1. The summed E-state index contributed by atoms with van der Waals surface area (Å²) in [5, 5.41) is 0.575. The number of carbonyl (C=O) groups is 2. The van der Waals surface area contributed by atoms with Gasteiger partial charge in [0.2, 0.25) is 0 Å². The first kappa shape index (κ1) is 14.3. The molecule has 2 aliphatic carbocycles. The second kappa shape index (κ2) is 5.27. The molecule has 1 aromatic carbocycles. The van der Waals surface area contributed by atoms with Crippen molar-refractivity contribution in [2.45, 2.75) is 26.7 Å². The Hall–Kier alpha value is -1.67. The SMILES string of the molecule is CC1=C(C)CC2C(=O)C(c3cccc(Cl)c3)=CC(=O)C2C1. The number of ketones is 2. The van der Waals surface area contributed by atoms with Crippen LogP contribution in [-0.2, 0) is 9.59 Å². The van der Waals surface area contributed by atoms with E-state index in [0.717, 1.165) is 5.56 Å². The predicted molar refractivity (Wildman–Crippen MR) is 84.0 cm³/mol. The molecular formula is C18H17ClO2. The van der Waals surface area contributed by atoms with Crippen molar-refractivity contribution in [1.82, 2.24) is 0 Å². The second-order valence-electron chi connectivity index (χ2n) is 6.02. The fourth-order valence-electron chi connectivity index (χ4n) is 3.27. The molecule has 108 valence electrons. The second-order valence-corrected chi connectivity index (χ2v) is 6.45. The molecule has 1 aromatic rings. The van der Waals surface area contributed by atoms with Crippen molar-refractivity contribution in [1.29, 1.82) is 0 Å². The van der Waals surface area contributed by atoms with Crippen molar-refractivity contribution in [3.05, 3.63) is 52.1 Å². The number of hydrogen-bond acceptors (Lipinski definition) is 2. The molecule has 2 aliphatic rings. The third-order valence-corrected chi connectivity index (χ3v) is 4.89. The monoisotopic (exact) mass is 300 g/mol. The average molecular weight is 301 g/mol. The minimum absolute atomic E-state index is 0.0708. The predicted octanol–water partition coefficient (Wildman–Crippen LogP) is 4.24. The Kier molecular flexibility index (Phi) is 3.58. The lowest BCUT2D eigenvalue weighted by molar-refractivity contribution is -0.128. The fraction of sp³-hybridized carbons (Fsp3) is 0.333. The quantitative estimate of drug-likeness (QED) is 0.727. The standard InChI is InChI=1S/C18H17ClO2/c1-10-6-15-16(7-11(10)2)18(21)14(9-17(15)20)12-4-3-5-13(19)8-12/h3-5,8-9,15-16H,6-7H2,1-2H3. The molecule has 0 bridgehead atoms. The van der Waals surface area contributed by atoms with E-state index in [9.17, 15) is 9.59 Å². The van der Waals surface area contributed by atoms with Gasteiger partial charge in [-0.1, -0.05) is 34.9 Å². The van der Waals surface area contributed by atoms with Gasteiger partial charge in [-0.25, -0.2) is 0 Å². The summed E-state index contributed by atoms with van der Waals surface area (Å²) in [5.41, 5.74) is 3.74. The first-order valence-electron chi connectivity index (χ1n) is 7.18. The van der Waals surface area contributed by atoms with Crippen LogP contribution in [0.2, 0.25) is 5.02 Å². The van der Waals surface area contributed by atoms with Crippen molar-refractivity contribution >= 4 is 28.7 Å². The van der Waals surface area contributed by atoms with E-state index in [2.05, 4.69) is 13.8 Å². The van der Waals surface area contributed by atoms with Crippen molar-refractivity contribution in [2.24, 2.45) is 11.8 Å². The summed E-state index contributed by atoms with van der Waals surface area (Å²) in [6.07, 6.45) is 2.92. The Labute approximate surface area is 129 Å². The number of halogens is 1. The van der Waals surface area contributed by atoms with E-state index >= 15 is 0 Å². The van der Waals surface area contributed by atoms with E-state index in [1.165, 1.54) is 17.2 Å². The normalized spacial score (nSPS) is 25.8. The molecular weight excluding hydrogens is 284 g/mol. The van der Waals surface area contributed by atoms with E-state index in [0.29, 0.717) is 23.4 Å². The summed E-state index contributed by atoms with van der Waals surface area (Å²) in [7, 11) is 0. The molecule has 0 heterocycles. The highest BCUT2D eigenvalue weighted by molar-refractivity contribution is 6.32. The molecule has 0 aromatic heterocycles. The van der Waals surface area contributed by atoms with Gasteiger partial charge in [0.15, 0.2) is 11.6 Å².